The van der Waals surface area contributed by atoms with E-state index in [1.165, 1.54) is 0 Å². The maximum atomic E-state index is 13.7. The lowest BCUT2D eigenvalue weighted by Gasteiger charge is -2.27. The van der Waals surface area contributed by atoms with Crippen molar-refractivity contribution in [2.45, 2.75) is 37.8 Å². The van der Waals surface area contributed by atoms with E-state index in [0.29, 0.717) is 55.6 Å². The average molecular weight is 574 g/mol. The lowest BCUT2D eigenvalue weighted by molar-refractivity contribution is -0.129. The number of carbonyl (C=O) groups excluding carboxylic acids is 1. The van der Waals surface area contributed by atoms with E-state index in [1.54, 1.807) is 14.2 Å². The van der Waals surface area contributed by atoms with Gasteiger partial charge in [-0.1, -0.05) is 48.6 Å². The molecule has 222 valence electrons. The molecule has 1 amide bonds. The van der Waals surface area contributed by atoms with Crippen molar-refractivity contribution < 1.29 is 28.8 Å². The van der Waals surface area contributed by atoms with Gasteiger partial charge in [0.15, 0.2) is 17.0 Å². The van der Waals surface area contributed by atoms with E-state index in [-0.39, 0.29) is 12.5 Å². The molecule has 0 aromatic heterocycles. The Kier molecular flexibility index (Phi) is 11.0. The summed E-state index contributed by atoms with van der Waals surface area (Å²) in [5, 5.41) is 8.97. The molecular formula is C33H39N3O6. The number of hydrogen-bond donors (Lipinski definition) is 3. The molecule has 1 aliphatic heterocycles. The number of hydrazine groups is 1. The standard InChI is InChI=1S/C33H39N3O6/c1-24-33(19-7-11-25-9-5-4-6-10-25,35-31(42-24)27-13-15-28(16-14-27)41-22-8-21-37)32(38)36-34-20-18-26-12-17-29(39-2)30(23-26)40-3/h4-7,9-17,23-24,34,37H,8,18-22H2,1-3H3,(H,36,38)/b11-7+/t24-,33-/m0/s1. The number of ether oxygens (including phenoxy) is 4. The van der Waals surface area contributed by atoms with Crippen molar-refractivity contribution >= 4 is 17.9 Å². The van der Waals surface area contributed by atoms with E-state index in [0.717, 1.165) is 16.7 Å². The second-order valence-corrected chi connectivity index (χ2v) is 9.89. The average Bonchev–Trinajstić information content (AvgIpc) is 3.36. The fraction of sp³-hybridized carbons (Fsp3) is 0.333. The van der Waals surface area contributed by atoms with Gasteiger partial charge in [-0.15, -0.1) is 0 Å². The van der Waals surface area contributed by atoms with Crippen molar-refractivity contribution in [1.29, 1.82) is 0 Å². The van der Waals surface area contributed by atoms with Crippen LogP contribution in [0.25, 0.3) is 6.08 Å². The summed E-state index contributed by atoms with van der Waals surface area (Å²) in [6.07, 6.45) is 5.00. The first-order chi connectivity index (χ1) is 20.5. The van der Waals surface area contributed by atoms with E-state index in [2.05, 4.69) is 10.9 Å². The first kappa shape index (κ1) is 30.6. The van der Waals surface area contributed by atoms with E-state index in [4.69, 9.17) is 29.0 Å². The maximum Gasteiger partial charge on any atom is 0.266 e. The highest BCUT2D eigenvalue weighted by Crippen LogP contribution is 2.33. The van der Waals surface area contributed by atoms with Crippen molar-refractivity contribution in [3.63, 3.8) is 0 Å². The molecule has 3 aromatic rings. The Morgan fingerprint density at radius 3 is 2.52 bits per heavy atom. The second kappa shape index (κ2) is 15.0. The lowest BCUT2D eigenvalue weighted by atomic mass is 9.89. The highest BCUT2D eigenvalue weighted by atomic mass is 16.5. The molecule has 0 spiro atoms. The van der Waals surface area contributed by atoms with E-state index in [1.807, 2.05) is 91.9 Å². The Morgan fingerprint density at radius 1 is 1.05 bits per heavy atom. The highest BCUT2D eigenvalue weighted by molar-refractivity contribution is 6.00. The predicted octanol–water partition coefficient (Wildman–Crippen LogP) is 4.34. The van der Waals surface area contributed by atoms with Crippen LogP contribution in [0.1, 0.15) is 36.5 Å². The van der Waals surface area contributed by atoms with Gasteiger partial charge in [0.25, 0.3) is 5.91 Å². The molecule has 9 nitrogen and oxygen atoms in total. The highest BCUT2D eigenvalue weighted by Gasteiger charge is 2.49. The van der Waals surface area contributed by atoms with Crippen LogP contribution in [0.15, 0.2) is 83.9 Å². The van der Waals surface area contributed by atoms with Crippen LogP contribution >= 0.6 is 0 Å². The van der Waals surface area contributed by atoms with Crippen LogP contribution in [0, 0.1) is 0 Å². The smallest absolute Gasteiger partial charge is 0.266 e. The minimum Gasteiger partial charge on any atom is -0.494 e. The Hall–Kier alpha value is -4.34. The molecule has 0 saturated heterocycles. The van der Waals surface area contributed by atoms with Crippen molar-refractivity contribution in [1.82, 2.24) is 10.9 Å². The molecular weight excluding hydrogens is 534 g/mol. The molecule has 1 aliphatic rings. The Labute approximate surface area is 247 Å². The second-order valence-electron chi connectivity index (χ2n) is 9.89. The molecule has 0 aliphatic carbocycles. The third kappa shape index (κ3) is 7.69. The molecule has 4 rings (SSSR count). The summed E-state index contributed by atoms with van der Waals surface area (Å²) in [7, 11) is 3.21. The largest absolute Gasteiger partial charge is 0.494 e. The number of benzene rings is 3. The zero-order chi connectivity index (χ0) is 29.8. The van der Waals surface area contributed by atoms with Crippen molar-refractivity contribution in [3.05, 3.63) is 95.6 Å². The molecule has 0 bridgehead atoms. The van der Waals surface area contributed by atoms with Gasteiger partial charge in [0.2, 0.25) is 5.90 Å². The van der Waals surface area contributed by atoms with Gasteiger partial charge in [0, 0.05) is 31.6 Å². The van der Waals surface area contributed by atoms with Gasteiger partial charge >= 0.3 is 0 Å². The van der Waals surface area contributed by atoms with Gasteiger partial charge < -0.3 is 24.1 Å². The fourth-order valence-corrected chi connectivity index (χ4v) is 4.62. The molecule has 0 radical (unpaired) electrons. The summed E-state index contributed by atoms with van der Waals surface area (Å²) in [5.41, 5.74) is 7.58. The molecule has 42 heavy (non-hydrogen) atoms. The molecule has 0 saturated carbocycles. The summed E-state index contributed by atoms with van der Waals surface area (Å²) in [6, 6.07) is 23.0. The summed E-state index contributed by atoms with van der Waals surface area (Å²) in [6.45, 7) is 2.87. The summed E-state index contributed by atoms with van der Waals surface area (Å²) < 4.78 is 22.5. The van der Waals surface area contributed by atoms with Crippen LogP contribution in [-0.4, -0.2) is 62.5 Å². The third-order valence-corrected chi connectivity index (χ3v) is 7.06. The van der Waals surface area contributed by atoms with Crippen LogP contribution in [-0.2, 0) is 16.0 Å². The number of rotatable bonds is 15. The van der Waals surface area contributed by atoms with Crippen LogP contribution in [0.2, 0.25) is 0 Å². The molecule has 3 N–H and O–H groups in total. The minimum absolute atomic E-state index is 0.0779. The molecule has 3 aromatic carbocycles. The minimum atomic E-state index is -1.17. The van der Waals surface area contributed by atoms with Crippen molar-refractivity contribution in [2.75, 3.05) is 34.0 Å². The number of carbonyl (C=O) groups is 1. The van der Waals surface area contributed by atoms with Crippen LogP contribution in [0.3, 0.4) is 0 Å². The normalized spacial score (nSPS) is 17.9. The molecule has 1 heterocycles. The predicted molar refractivity (Wildman–Crippen MR) is 163 cm³/mol. The number of aliphatic hydroxyl groups is 1. The molecule has 0 unspecified atom stereocenters. The van der Waals surface area contributed by atoms with Gasteiger partial charge in [-0.05, 0) is 60.9 Å². The van der Waals surface area contributed by atoms with Crippen molar-refractivity contribution in [3.8, 4) is 17.2 Å². The van der Waals surface area contributed by atoms with Gasteiger partial charge in [-0.2, -0.15) is 0 Å². The van der Waals surface area contributed by atoms with Crippen LogP contribution in [0.5, 0.6) is 17.2 Å². The van der Waals surface area contributed by atoms with Gasteiger partial charge in [-0.3, -0.25) is 10.2 Å². The Balaban J connectivity index is 1.47. The third-order valence-electron chi connectivity index (χ3n) is 7.06. The van der Waals surface area contributed by atoms with E-state index < -0.39 is 11.6 Å². The lowest BCUT2D eigenvalue weighted by Crippen LogP contribution is -2.54. The van der Waals surface area contributed by atoms with Gasteiger partial charge in [-0.25, -0.2) is 10.4 Å². The number of aliphatic imine (C=N–C) groups is 1. The monoisotopic (exact) mass is 573 g/mol. The number of amides is 1. The number of aliphatic hydroxyl groups excluding tert-OH is 1. The zero-order valence-electron chi connectivity index (χ0n) is 24.3. The first-order valence-electron chi connectivity index (χ1n) is 14.1. The molecule has 2 atom stereocenters. The molecule has 9 heteroatoms. The number of nitrogens with one attached hydrogen (secondary N) is 2. The zero-order valence-corrected chi connectivity index (χ0v) is 24.3. The number of hydrogen-bond acceptors (Lipinski definition) is 8. The van der Waals surface area contributed by atoms with Gasteiger partial charge in [0.05, 0.1) is 20.8 Å². The fourth-order valence-electron chi connectivity index (χ4n) is 4.62. The van der Waals surface area contributed by atoms with E-state index in [9.17, 15) is 4.79 Å². The summed E-state index contributed by atoms with van der Waals surface area (Å²) in [4.78, 5) is 18.6. The van der Waals surface area contributed by atoms with Gasteiger partial charge in [0.1, 0.15) is 11.9 Å². The Bertz CT molecular complexity index is 1360. The topological polar surface area (TPSA) is 111 Å². The van der Waals surface area contributed by atoms with Crippen molar-refractivity contribution in [2.24, 2.45) is 4.99 Å². The Morgan fingerprint density at radius 2 is 1.81 bits per heavy atom. The number of nitrogens with zero attached hydrogens (tertiary/aromatic N) is 1. The maximum absolute atomic E-state index is 13.7. The van der Waals surface area contributed by atoms with Crippen LogP contribution < -0.4 is 25.1 Å². The quantitative estimate of drug-likeness (QED) is 0.183. The summed E-state index contributed by atoms with van der Waals surface area (Å²) >= 11 is 0. The van der Waals surface area contributed by atoms with Crippen LogP contribution in [0.4, 0.5) is 0 Å². The summed E-state index contributed by atoms with van der Waals surface area (Å²) in [5.74, 6) is 2.14. The van der Waals surface area contributed by atoms with E-state index >= 15 is 0 Å². The number of methoxy groups -OCH3 is 2. The molecule has 0 fully saturated rings. The first-order valence-corrected chi connectivity index (χ1v) is 14.1. The SMILES string of the molecule is COc1ccc(CCNNC(=O)[C@@]2(C/C=C/c3ccccc3)N=C(c3ccc(OCCCO)cc3)O[C@H]2C)cc1OC.